The Balaban J connectivity index is -0.000000372. The van der Waals surface area contributed by atoms with Gasteiger partial charge < -0.3 is 0 Å². The third-order valence-corrected chi connectivity index (χ3v) is 4.11. The highest BCUT2D eigenvalue weighted by Crippen LogP contribution is 2.20. The predicted molar refractivity (Wildman–Crippen MR) is 138 cm³/mol. The molecule has 0 unspecified atom stereocenters. The van der Waals surface area contributed by atoms with Crippen LogP contribution in [0.4, 0.5) is 0 Å². The van der Waals surface area contributed by atoms with Crippen molar-refractivity contribution in [3.8, 4) is 18.4 Å². The number of unbranched alkanes of at least 4 members (excludes halogenated alkanes) is 2. The molecular formula is C29H43N. The maximum atomic E-state index is 8.31. The fourth-order valence-electron chi connectivity index (χ4n) is 1.79. The van der Waals surface area contributed by atoms with Crippen LogP contribution < -0.4 is 0 Å². The van der Waals surface area contributed by atoms with Gasteiger partial charge in [-0.05, 0) is 42.5 Å². The van der Waals surface area contributed by atoms with Crippen molar-refractivity contribution in [2.75, 3.05) is 0 Å². The summed E-state index contributed by atoms with van der Waals surface area (Å²) in [4.78, 5) is 0. The van der Waals surface area contributed by atoms with Crippen LogP contribution in [0.3, 0.4) is 0 Å². The maximum Gasteiger partial charge on any atom is 0.0988 e. The molecule has 0 N–H and O–H groups in total. The third-order valence-electron chi connectivity index (χ3n) is 4.11. The molecular weight excluding hydrogens is 362 g/mol. The molecule has 1 aromatic rings. The smallest absolute Gasteiger partial charge is 0.0988 e. The van der Waals surface area contributed by atoms with Gasteiger partial charge in [0.2, 0.25) is 0 Å². The summed E-state index contributed by atoms with van der Waals surface area (Å²) in [6.45, 7) is 25.6. The van der Waals surface area contributed by atoms with Gasteiger partial charge in [0.15, 0.2) is 0 Å². The van der Waals surface area contributed by atoms with E-state index in [9.17, 15) is 0 Å². The van der Waals surface area contributed by atoms with E-state index in [1.807, 2.05) is 32.0 Å². The number of nitriles is 1. The lowest BCUT2D eigenvalue weighted by molar-refractivity contribution is 0.886. The van der Waals surface area contributed by atoms with Gasteiger partial charge in [0, 0.05) is 11.1 Å². The Bertz CT molecular complexity index is 725. The fraction of sp³-hybridized carbons (Fsp3) is 0.414. The zero-order valence-corrected chi connectivity index (χ0v) is 20.6. The Labute approximate surface area is 187 Å². The van der Waals surface area contributed by atoms with Gasteiger partial charge in [-0.2, -0.15) is 5.26 Å². The molecule has 0 saturated carbocycles. The van der Waals surface area contributed by atoms with Gasteiger partial charge in [-0.15, -0.1) is 6.42 Å². The van der Waals surface area contributed by atoms with Gasteiger partial charge in [-0.3, -0.25) is 0 Å². The van der Waals surface area contributed by atoms with Gasteiger partial charge in [-0.1, -0.05) is 116 Å². The van der Waals surface area contributed by atoms with E-state index in [1.54, 1.807) is 12.2 Å². The lowest BCUT2D eigenvalue weighted by atomic mass is 9.96. The highest BCUT2D eigenvalue weighted by Gasteiger charge is 2.04. The maximum absolute atomic E-state index is 8.31. The molecule has 0 heterocycles. The van der Waals surface area contributed by atoms with Gasteiger partial charge in [0.1, 0.15) is 0 Å². The van der Waals surface area contributed by atoms with Crippen LogP contribution in [-0.4, -0.2) is 0 Å². The van der Waals surface area contributed by atoms with Crippen molar-refractivity contribution in [2.45, 2.75) is 80.6 Å². The lowest BCUT2D eigenvalue weighted by Crippen LogP contribution is -1.92. The average molecular weight is 406 g/mol. The Hall–Kier alpha value is -2.77. The van der Waals surface area contributed by atoms with E-state index >= 15 is 0 Å². The normalized spacial score (nSPS) is 9.03. The van der Waals surface area contributed by atoms with Crippen molar-refractivity contribution < 1.29 is 0 Å². The Morgan fingerprint density at radius 1 is 1.00 bits per heavy atom. The van der Waals surface area contributed by atoms with Gasteiger partial charge >= 0.3 is 0 Å². The predicted octanol–water partition coefficient (Wildman–Crippen LogP) is 9.07. The van der Waals surface area contributed by atoms with E-state index < -0.39 is 0 Å². The van der Waals surface area contributed by atoms with Crippen molar-refractivity contribution in [3.63, 3.8) is 0 Å². The molecule has 0 aliphatic carbocycles. The van der Waals surface area contributed by atoms with Crippen LogP contribution in [0.25, 0.3) is 5.57 Å². The van der Waals surface area contributed by atoms with Crippen LogP contribution in [-0.2, 0) is 6.42 Å². The van der Waals surface area contributed by atoms with Gasteiger partial charge in [0.25, 0.3) is 0 Å². The Kier molecular flexibility index (Phi) is 24.0. The Morgan fingerprint density at radius 3 is 1.80 bits per heavy atom. The summed E-state index contributed by atoms with van der Waals surface area (Å²) >= 11 is 0. The highest BCUT2D eigenvalue weighted by atomic mass is 14.2. The second-order valence-corrected chi connectivity index (χ2v) is 6.79. The summed E-state index contributed by atoms with van der Waals surface area (Å²) in [6, 6.07) is 8.07. The molecule has 0 atom stereocenters. The zero-order chi connectivity index (χ0) is 23.9. The third kappa shape index (κ3) is 16.2. The standard InChI is InChI=1S/C13H14.C8H9N.2C4H10/c1-5-11-8-7-9-13(10(3)4)12(11)6-2;1-4-5-7(2)8(3)6-9;2*1-3-4-2/h2,7-9H,3,5H2,1,4H3;4-5H,1,3H2,2H3;2*3-4H2,1-2H3/b;7-5-;;. The molecule has 0 radical (unpaired) electrons. The number of nitrogens with zero attached hydrogens (tertiary/aromatic N) is 1. The number of hydrogen-bond acceptors (Lipinski definition) is 1. The highest BCUT2D eigenvalue weighted by molar-refractivity contribution is 5.69. The van der Waals surface area contributed by atoms with Crippen molar-refractivity contribution in [2.24, 2.45) is 0 Å². The molecule has 164 valence electrons. The summed E-state index contributed by atoms with van der Waals surface area (Å²) in [5, 5.41) is 8.31. The van der Waals surface area contributed by atoms with E-state index in [1.165, 1.54) is 31.2 Å². The molecule has 0 aliphatic heterocycles. The molecule has 1 nitrogen and oxygen atoms in total. The molecule has 1 rings (SSSR count). The fourth-order valence-corrected chi connectivity index (χ4v) is 1.79. The summed E-state index contributed by atoms with van der Waals surface area (Å²) in [5.41, 5.74) is 5.72. The SMILES string of the molecule is C#Cc1c(CC)cccc1C(=C)C.C=C/C=C(/C)C(=C)C#N.CCCC.CCCC. The molecule has 0 fully saturated rings. The van der Waals surface area contributed by atoms with E-state index in [2.05, 4.69) is 66.3 Å². The van der Waals surface area contributed by atoms with Crippen LogP contribution in [0.2, 0.25) is 0 Å². The first kappa shape index (κ1) is 31.9. The van der Waals surface area contributed by atoms with Crippen LogP contribution in [0.1, 0.15) is 90.8 Å². The molecule has 1 heteroatoms. The largest absolute Gasteiger partial charge is 0.192 e. The minimum absolute atomic E-state index is 0.495. The van der Waals surface area contributed by atoms with E-state index in [0.717, 1.165) is 28.7 Å². The molecule has 0 amide bonds. The molecule has 0 bridgehead atoms. The molecule has 0 spiro atoms. The number of hydrogen-bond donors (Lipinski definition) is 0. The number of terminal acetylenes is 1. The topological polar surface area (TPSA) is 23.8 Å². The summed E-state index contributed by atoms with van der Waals surface area (Å²) in [7, 11) is 0. The number of rotatable bonds is 6. The second-order valence-electron chi connectivity index (χ2n) is 6.79. The minimum atomic E-state index is 0.495. The van der Waals surface area contributed by atoms with E-state index in [0.29, 0.717) is 5.57 Å². The summed E-state index contributed by atoms with van der Waals surface area (Å²) in [6.07, 6.45) is 15.1. The van der Waals surface area contributed by atoms with Crippen molar-refractivity contribution >= 4 is 5.57 Å². The van der Waals surface area contributed by atoms with Gasteiger partial charge in [0.05, 0.1) is 6.07 Å². The first-order valence-corrected chi connectivity index (χ1v) is 10.9. The van der Waals surface area contributed by atoms with Gasteiger partial charge in [-0.25, -0.2) is 0 Å². The Morgan fingerprint density at radius 2 is 1.50 bits per heavy atom. The van der Waals surface area contributed by atoms with Crippen LogP contribution >= 0.6 is 0 Å². The first-order valence-electron chi connectivity index (χ1n) is 10.9. The molecule has 0 saturated heterocycles. The van der Waals surface area contributed by atoms with Crippen molar-refractivity contribution in [1.82, 2.24) is 0 Å². The minimum Gasteiger partial charge on any atom is -0.192 e. The summed E-state index contributed by atoms with van der Waals surface area (Å²) in [5.74, 6) is 2.74. The summed E-state index contributed by atoms with van der Waals surface area (Å²) < 4.78 is 0. The second kappa shape index (κ2) is 22.5. The first-order chi connectivity index (χ1) is 14.2. The number of allylic oxidation sites excluding steroid dienone is 5. The van der Waals surface area contributed by atoms with Crippen molar-refractivity contribution in [3.05, 3.63) is 77.9 Å². The van der Waals surface area contributed by atoms with Crippen molar-refractivity contribution in [1.29, 1.82) is 5.26 Å². The average Bonchev–Trinajstić information content (AvgIpc) is 2.78. The quantitative estimate of drug-likeness (QED) is 0.263. The van der Waals surface area contributed by atoms with Crippen LogP contribution in [0.5, 0.6) is 0 Å². The zero-order valence-electron chi connectivity index (χ0n) is 20.6. The van der Waals surface area contributed by atoms with E-state index in [-0.39, 0.29) is 0 Å². The monoisotopic (exact) mass is 405 g/mol. The molecule has 0 aromatic heterocycles. The molecule has 1 aromatic carbocycles. The lowest BCUT2D eigenvalue weighted by Gasteiger charge is -2.07. The van der Waals surface area contributed by atoms with E-state index in [4.69, 9.17) is 11.7 Å². The number of benzene rings is 1. The van der Waals surface area contributed by atoms with Crippen LogP contribution in [0, 0.1) is 23.7 Å². The van der Waals surface area contributed by atoms with Crippen LogP contribution in [0.15, 0.2) is 61.2 Å². The molecule has 0 aliphatic rings. The molecule has 30 heavy (non-hydrogen) atoms. The number of aryl methyl sites for hydroxylation is 1.